The molecule has 1 aliphatic rings. The average Bonchev–Trinajstić information content (AvgIpc) is 2.26. The number of nitrogens with zero attached hydrogens (tertiary/aromatic N) is 1. The number of aliphatic hydroxyl groups is 1. The monoisotopic (exact) mass is 273 g/mol. The Balaban J connectivity index is 2.40. The van der Waals surface area contributed by atoms with E-state index in [2.05, 4.69) is 15.5 Å². The van der Waals surface area contributed by atoms with Gasteiger partial charge in [-0.15, -0.1) is 0 Å². The first kappa shape index (κ1) is 15.7. The van der Waals surface area contributed by atoms with Gasteiger partial charge in [-0.25, -0.2) is 9.59 Å². The Hall–Kier alpha value is -1.34. The van der Waals surface area contributed by atoms with Crippen LogP contribution in [0.25, 0.3) is 0 Å². The number of carboxylic acids is 1. The Morgan fingerprint density at radius 3 is 2.37 bits per heavy atom. The van der Waals surface area contributed by atoms with Gasteiger partial charge in [-0.2, -0.15) is 0 Å². The molecule has 110 valence electrons. The van der Waals surface area contributed by atoms with Crippen LogP contribution in [-0.2, 0) is 4.79 Å². The van der Waals surface area contributed by atoms with Crippen LogP contribution in [0.15, 0.2) is 0 Å². The predicted molar refractivity (Wildman–Crippen MR) is 69.9 cm³/mol. The minimum absolute atomic E-state index is 0.00156. The van der Waals surface area contributed by atoms with Gasteiger partial charge in [0.1, 0.15) is 6.04 Å². The Morgan fingerprint density at radius 2 is 2.00 bits per heavy atom. The van der Waals surface area contributed by atoms with Crippen molar-refractivity contribution >= 4 is 12.0 Å². The molecule has 1 rings (SSSR count). The SMILES string of the molecule is CN(C)C1(CNC(=O)N[C@H](CCO)C(=O)O)CCC1. The van der Waals surface area contributed by atoms with Crippen LogP contribution in [0.3, 0.4) is 0 Å². The first-order valence-electron chi connectivity index (χ1n) is 6.47. The van der Waals surface area contributed by atoms with Crippen molar-refractivity contribution in [3.05, 3.63) is 0 Å². The third-order valence-electron chi connectivity index (χ3n) is 3.83. The zero-order valence-corrected chi connectivity index (χ0v) is 11.5. The highest BCUT2D eigenvalue weighted by atomic mass is 16.4. The highest BCUT2D eigenvalue weighted by Crippen LogP contribution is 2.35. The summed E-state index contributed by atoms with van der Waals surface area (Å²) in [6.45, 7) is 0.218. The second kappa shape index (κ2) is 6.72. The van der Waals surface area contributed by atoms with Gasteiger partial charge in [0.15, 0.2) is 0 Å². The lowest BCUT2D eigenvalue weighted by Gasteiger charge is -2.47. The fourth-order valence-electron chi connectivity index (χ4n) is 2.21. The summed E-state index contributed by atoms with van der Waals surface area (Å²) in [7, 11) is 3.95. The highest BCUT2D eigenvalue weighted by Gasteiger charge is 2.39. The highest BCUT2D eigenvalue weighted by molar-refractivity contribution is 5.82. The van der Waals surface area contributed by atoms with Crippen molar-refractivity contribution in [2.24, 2.45) is 0 Å². The fraction of sp³-hybridized carbons (Fsp3) is 0.833. The van der Waals surface area contributed by atoms with Crippen molar-refractivity contribution in [1.29, 1.82) is 0 Å². The molecular formula is C12H23N3O4. The molecule has 1 saturated carbocycles. The molecule has 1 aliphatic carbocycles. The van der Waals surface area contributed by atoms with E-state index in [1.807, 2.05) is 14.1 Å². The van der Waals surface area contributed by atoms with Crippen molar-refractivity contribution in [2.45, 2.75) is 37.3 Å². The first-order chi connectivity index (χ1) is 8.91. The number of hydrogen-bond acceptors (Lipinski definition) is 4. The van der Waals surface area contributed by atoms with Crippen LogP contribution < -0.4 is 10.6 Å². The molecule has 19 heavy (non-hydrogen) atoms. The molecular weight excluding hydrogens is 250 g/mol. The summed E-state index contributed by atoms with van der Waals surface area (Å²) < 4.78 is 0. The lowest BCUT2D eigenvalue weighted by atomic mass is 9.75. The minimum Gasteiger partial charge on any atom is -0.480 e. The van der Waals surface area contributed by atoms with Gasteiger partial charge in [0.2, 0.25) is 0 Å². The number of carbonyl (C=O) groups is 2. The molecule has 7 heteroatoms. The molecule has 2 amide bonds. The summed E-state index contributed by atoms with van der Waals surface area (Å²) in [6, 6.07) is -1.56. The average molecular weight is 273 g/mol. The zero-order chi connectivity index (χ0) is 14.5. The van der Waals surface area contributed by atoms with E-state index in [4.69, 9.17) is 10.2 Å². The van der Waals surface area contributed by atoms with Crippen LogP contribution in [-0.4, -0.2) is 65.9 Å². The van der Waals surface area contributed by atoms with E-state index in [-0.39, 0.29) is 18.6 Å². The molecule has 0 radical (unpaired) electrons. The van der Waals surface area contributed by atoms with E-state index in [0.29, 0.717) is 6.54 Å². The molecule has 0 aromatic heterocycles. The van der Waals surface area contributed by atoms with Gasteiger partial charge in [0.05, 0.1) is 0 Å². The van der Waals surface area contributed by atoms with Crippen molar-refractivity contribution in [1.82, 2.24) is 15.5 Å². The van der Waals surface area contributed by atoms with Gasteiger partial charge in [-0.05, 0) is 33.4 Å². The second-order valence-corrected chi connectivity index (χ2v) is 5.20. The third kappa shape index (κ3) is 4.07. The molecule has 0 saturated heterocycles. The molecule has 0 aliphatic heterocycles. The summed E-state index contributed by atoms with van der Waals surface area (Å²) >= 11 is 0. The number of carbonyl (C=O) groups excluding carboxylic acids is 1. The molecule has 0 spiro atoms. The van der Waals surface area contributed by atoms with Crippen LogP contribution in [0, 0.1) is 0 Å². The zero-order valence-electron chi connectivity index (χ0n) is 11.5. The van der Waals surface area contributed by atoms with Crippen LogP contribution >= 0.6 is 0 Å². The van der Waals surface area contributed by atoms with Gasteiger partial charge >= 0.3 is 12.0 Å². The van der Waals surface area contributed by atoms with Gasteiger partial charge < -0.3 is 25.7 Å². The quantitative estimate of drug-likeness (QED) is 0.506. The number of amides is 2. The summed E-state index contributed by atoms with van der Waals surface area (Å²) in [5, 5.41) is 22.7. The summed E-state index contributed by atoms with van der Waals surface area (Å²) in [5.41, 5.74) is -0.00691. The van der Waals surface area contributed by atoms with Crippen LogP contribution in [0.5, 0.6) is 0 Å². The Bertz CT molecular complexity index is 329. The molecule has 4 N–H and O–H groups in total. The van der Waals surface area contributed by atoms with Gasteiger partial charge in [-0.3, -0.25) is 0 Å². The maximum Gasteiger partial charge on any atom is 0.326 e. The van der Waals surface area contributed by atoms with Gasteiger partial charge in [-0.1, -0.05) is 0 Å². The molecule has 0 aromatic rings. The van der Waals surface area contributed by atoms with Crippen molar-refractivity contribution in [2.75, 3.05) is 27.2 Å². The normalized spacial score (nSPS) is 18.5. The van der Waals surface area contributed by atoms with Crippen molar-refractivity contribution in [3.63, 3.8) is 0 Å². The number of urea groups is 1. The summed E-state index contributed by atoms with van der Waals surface area (Å²) in [4.78, 5) is 24.6. The number of nitrogens with one attached hydrogen (secondary N) is 2. The number of aliphatic hydroxyl groups excluding tert-OH is 1. The topological polar surface area (TPSA) is 102 Å². The van der Waals surface area contributed by atoms with E-state index in [1.54, 1.807) is 0 Å². The van der Waals surface area contributed by atoms with Gasteiger partial charge in [0.25, 0.3) is 0 Å². The molecule has 0 heterocycles. The van der Waals surface area contributed by atoms with E-state index >= 15 is 0 Å². The number of aliphatic carboxylic acids is 1. The Morgan fingerprint density at radius 1 is 1.37 bits per heavy atom. The molecule has 0 unspecified atom stereocenters. The van der Waals surface area contributed by atoms with Crippen LogP contribution in [0.2, 0.25) is 0 Å². The minimum atomic E-state index is -1.14. The lowest BCUT2D eigenvalue weighted by molar-refractivity contribution is -0.139. The third-order valence-corrected chi connectivity index (χ3v) is 3.83. The molecule has 0 bridgehead atoms. The van der Waals surface area contributed by atoms with E-state index in [9.17, 15) is 9.59 Å². The lowest BCUT2D eigenvalue weighted by Crippen LogP contribution is -2.59. The smallest absolute Gasteiger partial charge is 0.326 e. The second-order valence-electron chi connectivity index (χ2n) is 5.20. The molecule has 1 atom stereocenters. The fourth-order valence-corrected chi connectivity index (χ4v) is 2.21. The number of likely N-dealkylation sites (N-methyl/N-ethyl adjacent to an activating group) is 1. The van der Waals surface area contributed by atoms with Crippen LogP contribution in [0.1, 0.15) is 25.7 Å². The number of carboxylic acid groups (broad SMARTS) is 1. The molecule has 0 aromatic carbocycles. The molecule has 7 nitrogen and oxygen atoms in total. The maximum absolute atomic E-state index is 11.7. The largest absolute Gasteiger partial charge is 0.480 e. The molecule has 1 fully saturated rings. The first-order valence-corrected chi connectivity index (χ1v) is 6.47. The summed E-state index contributed by atoms with van der Waals surface area (Å²) in [5.74, 6) is -1.14. The van der Waals surface area contributed by atoms with Crippen molar-refractivity contribution in [3.8, 4) is 0 Å². The predicted octanol–water partition coefficient (Wildman–Crippen LogP) is -0.394. The Labute approximate surface area is 113 Å². The van der Waals surface area contributed by atoms with Gasteiger partial charge in [0, 0.05) is 25.1 Å². The van der Waals surface area contributed by atoms with E-state index < -0.39 is 18.0 Å². The van der Waals surface area contributed by atoms with E-state index in [0.717, 1.165) is 19.3 Å². The Kier molecular flexibility index (Phi) is 5.56. The van der Waals surface area contributed by atoms with Crippen LogP contribution in [0.4, 0.5) is 4.79 Å². The maximum atomic E-state index is 11.7. The number of hydrogen-bond donors (Lipinski definition) is 4. The standard InChI is InChI=1S/C12H23N3O4/c1-15(2)12(5-3-6-12)8-13-11(19)14-9(4-7-16)10(17)18/h9,16H,3-8H2,1-2H3,(H,17,18)(H2,13,14,19)/t9-/m1/s1. The number of rotatable bonds is 7. The van der Waals surface area contributed by atoms with E-state index in [1.165, 1.54) is 0 Å². The summed E-state index contributed by atoms with van der Waals surface area (Å²) in [6.07, 6.45) is 3.20. The van der Waals surface area contributed by atoms with Crippen molar-refractivity contribution < 1.29 is 19.8 Å².